The van der Waals surface area contributed by atoms with Crippen molar-refractivity contribution in [3.8, 4) is 5.75 Å². The van der Waals surface area contributed by atoms with Gasteiger partial charge in [-0.15, -0.1) is 6.58 Å². The second kappa shape index (κ2) is 8.44. The quantitative estimate of drug-likeness (QED) is 0.522. The van der Waals surface area contributed by atoms with E-state index in [-0.39, 0.29) is 0 Å². The Morgan fingerprint density at radius 2 is 1.73 bits per heavy atom. The van der Waals surface area contributed by atoms with Crippen LogP contribution in [-0.4, -0.2) is 6.54 Å². The monoisotopic (exact) mass is 355 g/mol. The molecular formula is C17H16Cl3NO. The minimum Gasteiger partial charge on any atom is -0.489 e. The Morgan fingerprint density at radius 3 is 2.45 bits per heavy atom. The molecule has 0 saturated heterocycles. The first-order valence-electron chi connectivity index (χ1n) is 6.77. The molecule has 2 rings (SSSR count). The Balaban J connectivity index is 2.09. The molecule has 0 unspecified atom stereocenters. The molecule has 5 heteroatoms. The van der Waals surface area contributed by atoms with E-state index in [1.54, 1.807) is 24.3 Å². The number of rotatable bonds is 7. The van der Waals surface area contributed by atoms with Crippen molar-refractivity contribution < 1.29 is 4.74 Å². The molecule has 0 aliphatic carbocycles. The molecule has 0 radical (unpaired) electrons. The first-order valence-corrected chi connectivity index (χ1v) is 7.90. The molecule has 0 spiro atoms. The normalized spacial score (nSPS) is 10.5. The van der Waals surface area contributed by atoms with E-state index < -0.39 is 0 Å². The van der Waals surface area contributed by atoms with E-state index in [2.05, 4.69) is 11.9 Å². The minimum absolute atomic E-state index is 0.367. The number of hydrogen-bond acceptors (Lipinski definition) is 2. The zero-order valence-corrected chi connectivity index (χ0v) is 14.2. The Labute approximate surface area is 145 Å². The zero-order chi connectivity index (χ0) is 15.9. The van der Waals surface area contributed by atoms with Crippen LogP contribution in [0.1, 0.15) is 11.1 Å². The predicted molar refractivity (Wildman–Crippen MR) is 94.1 cm³/mol. The van der Waals surface area contributed by atoms with Crippen LogP contribution in [0.5, 0.6) is 5.75 Å². The lowest BCUT2D eigenvalue weighted by atomic mass is 10.2. The summed E-state index contributed by atoms with van der Waals surface area (Å²) >= 11 is 18.1. The van der Waals surface area contributed by atoms with Crippen molar-refractivity contribution in [2.24, 2.45) is 0 Å². The molecule has 0 aliphatic heterocycles. The smallest absolute Gasteiger partial charge is 0.124 e. The fourth-order valence-electron chi connectivity index (χ4n) is 1.93. The number of halogens is 3. The average Bonchev–Trinajstić information content (AvgIpc) is 2.48. The summed E-state index contributed by atoms with van der Waals surface area (Å²) in [6, 6.07) is 10.9. The third-order valence-electron chi connectivity index (χ3n) is 3.02. The molecule has 116 valence electrons. The van der Waals surface area contributed by atoms with Crippen molar-refractivity contribution in [1.29, 1.82) is 0 Å². The van der Waals surface area contributed by atoms with Crippen LogP contribution in [0.15, 0.2) is 49.1 Å². The summed E-state index contributed by atoms with van der Waals surface area (Å²) in [6.45, 7) is 5.41. The summed E-state index contributed by atoms with van der Waals surface area (Å²) < 4.78 is 5.88. The highest BCUT2D eigenvalue weighted by atomic mass is 35.5. The Bertz CT molecular complexity index is 658. The van der Waals surface area contributed by atoms with Crippen molar-refractivity contribution in [3.05, 3.63) is 75.2 Å². The van der Waals surface area contributed by atoms with Crippen LogP contribution in [0.3, 0.4) is 0 Å². The fourth-order valence-corrected chi connectivity index (χ4v) is 2.59. The summed E-state index contributed by atoms with van der Waals surface area (Å²) in [7, 11) is 0. The molecule has 2 nitrogen and oxygen atoms in total. The van der Waals surface area contributed by atoms with E-state index in [0.29, 0.717) is 28.2 Å². The largest absolute Gasteiger partial charge is 0.489 e. The molecule has 0 bridgehead atoms. The van der Waals surface area contributed by atoms with Crippen LogP contribution in [0.2, 0.25) is 15.1 Å². The van der Waals surface area contributed by atoms with Gasteiger partial charge in [0.1, 0.15) is 12.4 Å². The fraction of sp³-hybridized carbons (Fsp3) is 0.176. The maximum atomic E-state index is 6.15. The summed E-state index contributed by atoms with van der Waals surface area (Å²) in [5, 5.41) is 5.11. The lowest BCUT2D eigenvalue weighted by Crippen LogP contribution is -2.13. The first-order chi connectivity index (χ1) is 10.6. The van der Waals surface area contributed by atoms with Crippen LogP contribution in [-0.2, 0) is 13.2 Å². The third-order valence-corrected chi connectivity index (χ3v) is 3.85. The van der Waals surface area contributed by atoms with Crippen LogP contribution < -0.4 is 10.1 Å². The number of ether oxygens (including phenoxy) is 1. The first kappa shape index (κ1) is 17.2. The molecule has 22 heavy (non-hydrogen) atoms. The van der Waals surface area contributed by atoms with Crippen LogP contribution >= 0.6 is 34.8 Å². The van der Waals surface area contributed by atoms with E-state index in [1.807, 2.05) is 18.2 Å². The predicted octanol–water partition coefficient (Wildman–Crippen LogP) is 5.50. The molecular weight excluding hydrogens is 341 g/mol. The maximum absolute atomic E-state index is 6.15. The zero-order valence-electron chi connectivity index (χ0n) is 11.9. The Hall–Kier alpha value is -1.19. The van der Waals surface area contributed by atoms with Gasteiger partial charge in [-0.05, 0) is 30.3 Å². The Morgan fingerprint density at radius 1 is 1.00 bits per heavy atom. The lowest BCUT2D eigenvalue weighted by molar-refractivity contribution is 0.302. The van der Waals surface area contributed by atoms with Gasteiger partial charge in [-0.3, -0.25) is 0 Å². The van der Waals surface area contributed by atoms with Crippen molar-refractivity contribution in [1.82, 2.24) is 5.32 Å². The second-order valence-electron chi connectivity index (χ2n) is 4.70. The van der Waals surface area contributed by atoms with Gasteiger partial charge in [-0.1, -0.05) is 46.9 Å². The average molecular weight is 357 g/mol. The molecule has 2 aromatic rings. The van der Waals surface area contributed by atoms with E-state index in [9.17, 15) is 0 Å². The number of nitrogens with one attached hydrogen (secondary N) is 1. The summed E-state index contributed by atoms with van der Waals surface area (Å²) in [4.78, 5) is 0. The molecule has 0 saturated carbocycles. The molecule has 2 aromatic carbocycles. The number of benzene rings is 2. The third kappa shape index (κ3) is 4.92. The van der Waals surface area contributed by atoms with E-state index in [1.165, 1.54) is 0 Å². The lowest BCUT2D eigenvalue weighted by Gasteiger charge is -2.13. The van der Waals surface area contributed by atoms with Gasteiger partial charge in [0.15, 0.2) is 0 Å². The van der Waals surface area contributed by atoms with Gasteiger partial charge in [0, 0.05) is 39.3 Å². The van der Waals surface area contributed by atoms with Gasteiger partial charge >= 0.3 is 0 Å². The molecule has 0 aliphatic rings. The van der Waals surface area contributed by atoms with Crippen molar-refractivity contribution in [2.45, 2.75) is 13.2 Å². The van der Waals surface area contributed by atoms with E-state index in [0.717, 1.165) is 23.4 Å². The standard InChI is InChI=1S/C17H16Cl3NO/c1-2-7-21-10-13-8-14(18)5-6-17(13)22-11-12-3-4-15(19)9-16(12)20/h2-6,8-9,21H,1,7,10-11H2. The van der Waals surface area contributed by atoms with Crippen LogP contribution in [0.4, 0.5) is 0 Å². The number of hydrogen-bond donors (Lipinski definition) is 1. The molecule has 0 atom stereocenters. The topological polar surface area (TPSA) is 21.3 Å². The molecule has 0 amide bonds. The van der Waals surface area contributed by atoms with E-state index in [4.69, 9.17) is 39.5 Å². The maximum Gasteiger partial charge on any atom is 0.124 e. The highest BCUT2D eigenvalue weighted by Gasteiger charge is 2.07. The highest BCUT2D eigenvalue weighted by molar-refractivity contribution is 6.35. The molecule has 0 heterocycles. The van der Waals surface area contributed by atoms with Gasteiger partial charge < -0.3 is 10.1 Å². The molecule has 0 fully saturated rings. The highest BCUT2D eigenvalue weighted by Crippen LogP contribution is 2.26. The van der Waals surface area contributed by atoms with Gasteiger partial charge in [0.05, 0.1) is 0 Å². The van der Waals surface area contributed by atoms with Gasteiger partial charge in [-0.2, -0.15) is 0 Å². The van der Waals surface area contributed by atoms with Crippen LogP contribution in [0.25, 0.3) is 0 Å². The van der Waals surface area contributed by atoms with Crippen molar-refractivity contribution in [3.63, 3.8) is 0 Å². The van der Waals surface area contributed by atoms with Gasteiger partial charge in [0.25, 0.3) is 0 Å². The van der Waals surface area contributed by atoms with E-state index >= 15 is 0 Å². The summed E-state index contributed by atoms with van der Waals surface area (Å²) in [5.41, 5.74) is 1.87. The van der Waals surface area contributed by atoms with Crippen LogP contribution in [0, 0.1) is 0 Å². The van der Waals surface area contributed by atoms with Gasteiger partial charge in [0.2, 0.25) is 0 Å². The summed E-state index contributed by atoms with van der Waals surface area (Å²) in [6.07, 6.45) is 1.80. The molecule has 0 aromatic heterocycles. The SMILES string of the molecule is C=CCNCc1cc(Cl)ccc1OCc1ccc(Cl)cc1Cl. The second-order valence-corrected chi connectivity index (χ2v) is 5.98. The summed E-state index contributed by atoms with van der Waals surface area (Å²) in [5.74, 6) is 0.770. The molecule has 1 N–H and O–H groups in total. The van der Waals surface area contributed by atoms with Gasteiger partial charge in [-0.25, -0.2) is 0 Å². The van der Waals surface area contributed by atoms with Crippen molar-refractivity contribution in [2.75, 3.05) is 6.54 Å². The Kier molecular flexibility index (Phi) is 6.59. The van der Waals surface area contributed by atoms with Crippen molar-refractivity contribution >= 4 is 34.8 Å². The minimum atomic E-state index is 0.367.